The minimum absolute atomic E-state index is 0.124. The van der Waals surface area contributed by atoms with Gasteiger partial charge >= 0.3 is 5.97 Å². The van der Waals surface area contributed by atoms with Crippen molar-refractivity contribution < 1.29 is 49.3 Å². The van der Waals surface area contributed by atoms with Crippen LogP contribution in [-0.4, -0.2) is 99.6 Å². The number of aliphatic hydroxyl groups is 5. The van der Waals surface area contributed by atoms with E-state index in [1.807, 2.05) is 6.08 Å². The summed E-state index contributed by atoms with van der Waals surface area (Å²) in [6.07, 6.45) is 45.8. The smallest absolute Gasteiger partial charge is 0.306 e. The van der Waals surface area contributed by atoms with Crippen molar-refractivity contribution in [3.8, 4) is 0 Å². The molecule has 1 aliphatic heterocycles. The maximum atomic E-state index is 13.4. The number of hydrogen-bond donors (Lipinski definition) is 6. The van der Waals surface area contributed by atoms with E-state index in [9.17, 15) is 35.1 Å². The topological polar surface area (TPSA) is 175 Å². The van der Waals surface area contributed by atoms with Crippen LogP contribution in [0.5, 0.6) is 0 Å². The molecule has 6 N–H and O–H groups in total. The summed E-state index contributed by atoms with van der Waals surface area (Å²) in [6.45, 7) is 5.66. The first-order chi connectivity index (χ1) is 34.2. The normalized spacial score (nSPS) is 20.0. The molecular weight excluding hydrogens is 883 g/mol. The highest BCUT2D eigenvalue weighted by Gasteiger charge is 2.47. The second-order valence-corrected chi connectivity index (χ2v) is 20.0. The van der Waals surface area contributed by atoms with Crippen molar-refractivity contribution in [2.45, 2.75) is 301 Å². The number of hydrogen-bond acceptors (Lipinski definition) is 10. The molecular formula is C59H107NO10. The second-order valence-electron chi connectivity index (χ2n) is 20.0. The van der Waals surface area contributed by atoms with E-state index in [0.717, 1.165) is 77.0 Å². The fourth-order valence-corrected chi connectivity index (χ4v) is 8.90. The van der Waals surface area contributed by atoms with E-state index in [4.69, 9.17) is 14.2 Å². The summed E-state index contributed by atoms with van der Waals surface area (Å²) < 4.78 is 17.6. The van der Waals surface area contributed by atoms with Crippen molar-refractivity contribution in [2.75, 3.05) is 13.2 Å². The standard InChI is InChI=1S/C59H107NO10/c1-4-7-10-13-16-19-22-25-26-29-32-35-38-41-44-47-54(64)70-57-56(66)55(65)53(48-61)69-59(57)68-49-50(51(62)45-42-39-36-33-30-27-23-20-17-14-11-8-5-2)60-58(67)52(63)46-43-40-37-34-31-28-24-21-18-15-12-9-6-3/h9,12,18,21,28,31,42,45,50-53,55-57,59,61-63,65-66H,4-8,10-11,13-17,19-20,22-27,29-30,32-41,43-44,46-49H2,1-3H3,(H,60,67)/b12-9+,21-18+,31-28+,45-42+. The Morgan fingerprint density at radius 1 is 0.571 bits per heavy atom. The first kappa shape index (κ1) is 65.6. The molecule has 11 nitrogen and oxygen atoms in total. The molecule has 8 unspecified atom stereocenters. The van der Waals surface area contributed by atoms with Gasteiger partial charge in [-0.05, 0) is 57.8 Å². The summed E-state index contributed by atoms with van der Waals surface area (Å²) in [5.74, 6) is -1.21. The molecule has 1 aliphatic rings. The second kappa shape index (κ2) is 47.6. The van der Waals surface area contributed by atoms with Crippen LogP contribution in [0.15, 0.2) is 48.6 Å². The van der Waals surface area contributed by atoms with Gasteiger partial charge in [-0.2, -0.15) is 0 Å². The van der Waals surface area contributed by atoms with Gasteiger partial charge in [-0.15, -0.1) is 0 Å². The molecule has 1 saturated heterocycles. The van der Waals surface area contributed by atoms with Crippen molar-refractivity contribution in [2.24, 2.45) is 0 Å². The fourth-order valence-electron chi connectivity index (χ4n) is 8.90. The molecule has 70 heavy (non-hydrogen) atoms. The number of ether oxygens (including phenoxy) is 3. The van der Waals surface area contributed by atoms with E-state index in [1.54, 1.807) is 6.08 Å². The van der Waals surface area contributed by atoms with Crippen LogP contribution in [0.25, 0.3) is 0 Å². The van der Waals surface area contributed by atoms with Crippen LogP contribution < -0.4 is 5.32 Å². The van der Waals surface area contributed by atoms with E-state index < -0.39 is 67.4 Å². The van der Waals surface area contributed by atoms with Crippen LogP contribution >= 0.6 is 0 Å². The quantitative estimate of drug-likeness (QED) is 0.0196. The van der Waals surface area contributed by atoms with Crippen LogP contribution in [0.2, 0.25) is 0 Å². The summed E-state index contributed by atoms with van der Waals surface area (Å²) in [5.41, 5.74) is 0. The molecule has 1 heterocycles. The summed E-state index contributed by atoms with van der Waals surface area (Å²) in [6, 6.07) is -1.03. The van der Waals surface area contributed by atoms with Crippen LogP contribution in [0.3, 0.4) is 0 Å². The van der Waals surface area contributed by atoms with Gasteiger partial charge in [0.05, 0.1) is 25.4 Å². The molecule has 1 rings (SSSR count). The van der Waals surface area contributed by atoms with E-state index in [2.05, 4.69) is 62.5 Å². The summed E-state index contributed by atoms with van der Waals surface area (Å²) >= 11 is 0. The highest BCUT2D eigenvalue weighted by atomic mass is 16.7. The van der Waals surface area contributed by atoms with Crippen LogP contribution in [0, 0.1) is 0 Å². The Bertz CT molecular complexity index is 1320. The molecule has 1 amide bonds. The van der Waals surface area contributed by atoms with Crippen LogP contribution in [-0.2, 0) is 23.8 Å². The van der Waals surface area contributed by atoms with Crippen molar-refractivity contribution in [1.82, 2.24) is 5.32 Å². The van der Waals surface area contributed by atoms with Gasteiger partial charge in [0.15, 0.2) is 12.4 Å². The third-order valence-electron chi connectivity index (χ3n) is 13.5. The lowest BCUT2D eigenvalue weighted by Crippen LogP contribution is -2.61. The summed E-state index contributed by atoms with van der Waals surface area (Å²) in [5, 5.41) is 56.8. The highest BCUT2D eigenvalue weighted by molar-refractivity contribution is 5.80. The molecule has 8 atom stereocenters. The number of carbonyl (C=O) groups is 2. The maximum Gasteiger partial charge on any atom is 0.306 e. The van der Waals surface area contributed by atoms with Crippen molar-refractivity contribution in [3.63, 3.8) is 0 Å². The summed E-state index contributed by atoms with van der Waals surface area (Å²) in [4.78, 5) is 26.4. The van der Waals surface area contributed by atoms with Gasteiger partial charge in [0.25, 0.3) is 0 Å². The van der Waals surface area contributed by atoms with Crippen molar-refractivity contribution in [3.05, 3.63) is 48.6 Å². The van der Waals surface area contributed by atoms with Gasteiger partial charge in [0.2, 0.25) is 5.91 Å². The molecule has 0 aromatic heterocycles. The Balaban J connectivity index is 2.75. The third kappa shape index (κ3) is 35.7. The van der Waals surface area contributed by atoms with Crippen LogP contribution in [0.4, 0.5) is 0 Å². The molecule has 11 heteroatoms. The number of aliphatic hydroxyl groups excluding tert-OH is 5. The Hall–Kier alpha value is -2.38. The molecule has 0 aromatic carbocycles. The van der Waals surface area contributed by atoms with Gasteiger partial charge in [-0.1, -0.05) is 236 Å². The minimum atomic E-state index is -1.61. The Morgan fingerprint density at radius 2 is 1.03 bits per heavy atom. The lowest BCUT2D eigenvalue weighted by molar-refractivity contribution is -0.305. The van der Waals surface area contributed by atoms with Gasteiger partial charge < -0.3 is 45.1 Å². The number of rotatable bonds is 48. The SMILES string of the molecule is CC/C=C/C/C=C/C/C=C/CCCCCC(O)C(=O)NC(COC1OC(CO)C(O)C(O)C1OC(=O)CCCCCCCCCCCCCCCCC)C(O)/C=C/CCCCCCCCCCCCC. The molecule has 0 bridgehead atoms. The Labute approximate surface area is 427 Å². The first-order valence-electron chi connectivity index (χ1n) is 28.9. The molecule has 0 aliphatic carbocycles. The van der Waals surface area contributed by atoms with Crippen LogP contribution in [0.1, 0.15) is 252 Å². The first-order valence-corrected chi connectivity index (χ1v) is 28.9. The number of amides is 1. The number of unbranched alkanes of at least 4 members (excludes halogenated alkanes) is 28. The van der Waals surface area contributed by atoms with E-state index in [0.29, 0.717) is 12.8 Å². The number of esters is 1. The highest BCUT2D eigenvalue weighted by Crippen LogP contribution is 2.26. The number of carbonyl (C=O) groups excluding carboxylic acids is 2. The zero-order valence-corrected chi connectivity index (χ0v) is 44.9. The zero-order chi connectivity index (χ0) is 51.1. The van der Waals surface area contributed by atoms with Gasteiger partial charge in [-0.25, -0.2) is 0 Å². The van der Waals surface area contributed by atoms with E-state index in [-0.39, 0.29) is 19.4 Å². The van der Waals surface area contributed by atoms with Gasteiger partial charge in [-0.3, -0.25) is 9.59 Å². The van der Waals surface area contributed by atoms with Crippen molar-refractivity contribution in [1.29, 1.82) is 0 Å². The molecule has 0 aromatic rings. The summed E-state index contributed by atoms with van der Waals surface area (Å²) in [7, 11) is 0. The maximum absolute atomic E-state index is 13.4. The third-order valence-corrected chi connectivity index (χ3v) is 13.5. The molecule has 0 spiro atoms. The monoisotopic (exact) mass is 990 g/mol. The number of allylic oxidation sites excluding steroid dienone is 7. The lowest BCUT2D eigenvalue weighted by atomic mass is 9.99. The largest absolute Gasteiger partial charge is 0.454 e. The predicted molar refractivity (Wildman–Crippen MR) is 287 cm³/mol. The predicted octanol–water partition coefficient (Wildman–Crippen LogP) is 12.9. The molecule has 0 radical (unpaired) electrons. The van der Waals surface area contributed by atoms with Gasteiger partial charge in [0.1, 0.15) is 24.4 Å². The van der Waals surface area contributed by atoms with Gasteiger partial charge in [0, 0.05) is 6.42 Å². The van der Waals surface area contributed by atoms with Crippen molar-refractivity contribution >= 4 is 11.9 Å². The minimum Gasteiger partial charge on any atom is -0.454 e. The Morgan fingerprint density at radius 3 is 1.54 bits per heavy atom. The Kier molecular flexibility index (Phi) is 44.6. The molecule has 1 fully saturated rings. The average Bonchev–Trinajstić information content (AvgIpc) is 3.36. The molecule has 408 valence electrons. The van der Waals surface area contributed by atoms with E-state index >= 15 is 0 Å². The average molecular weight is 991 g/mol. The van der Waals surface area contributed by atoms with E-state index in [1.165, 1.54) is 128 Å². The fraction of sp³-hybridized carbons (Fsp3) is 0.831. The molecule has 0 saturated carbocycles. The zero-order valence-electron chi connectivity index (χ0n) is 44.9. The lowest BCUT2D eigenvalue weighted by Gasteiger charge is -2.41. The number of nitrogens with one attached hydrogen (secondary N) is 1.